The molecule has 0 bridgehead atoms. The van der Waals surface area contributed by atoms with Crippen molar-refractivity contribution in [3.05, 3.63) is 21.9 Å². The summed E-state index contributed by atoms with van der Waals surface area (Å²) in [6.07, 6.45) is 2.82. The number of carbonyl (C=O) groups is 1. The van der Waals surface area contributed by atoms with Crippen molar-refractivity contribution < 1.29 is 4.79 Å². The molecule has 1 aliphatic heterocycles. The van der Waals surface area contributed by atoms with Crippen molar-refractivity contribution in [2.45, 2.75) is 26.2 Å². The lowest BCUT2D eigenvalue weighted by Crippen LogP contribution is -2.30. The van der Waals surface area contributed by atoms with Crippen LogP contribution in [-0.4, -0.2) is 37.5 Å². The minimum atomic E-state index is 0.290. The summed E-state index contributed by atoms with van der Waals surface area (Å²) in [7, 11) is 1.92. The Morgan fingerprint density at radius 3 is 3.06 bits per heavy atom. The third kappa shape index (κ3) is 3.56. The first-order valence-corrected chi connectivity index (χ1v) is 7.52. The molecule has 1 unspecified atom stereocenters. The van der Waals surface area contributed by atoms with Crippen molar-refractivity contribution >= 4 is 17.2 Å². The van der Waals surface area contributed by atoms with Crippen LogP contribution >= 0.6 is 11.3 Å². The standard InChI is InChI=1S/C14H22N2OS/c1-11-5-8-18-13(11)4-7-16(2)14(17)9-12-3-6-15-10-12/h5,8,12,15H,3-4,6-7,9-10H2,1-2H3. The molecule has 1 aromatic heterocycles. The number of carbonyl (C=O) groups excluding carboxylic acids is 1. The van der Waals surface area contributed by atoms with Gasteiger partial charge in [0.25, 0.3) is 0 Å². The van der Waals surface area contributed by atoms with E-state index in [9.17, 15) is 4.79 Å². The number of amides is 1. The summed E-state index contributed by atoms with van der Waals surface area (Å²) in [5.74, 6) is 0.835. The topological polar surface area (TPSA) is 32.3 Å². The molecule has 0 spiro atoms. The Kier molecular flexibility index (Phi) is 4.78. The molecular formula is C14H22N2OS. The second-order valence-corrected chi connectivity index (χ2v) is 6.16. The van der Waals surface area contributed by atoms with Gasteiger partial charge in [0.05, 0.1) is 0 Å². The first-order chi connectivity index (χ1) is 8.66. The van der Waals surface area contributed by atoms with Gasteiger partial charge >= 0.3 is 0 Å². The fraction of sp³-hybridized carbons (Fsp3) is 0.643. The van der Waals surface area contributed by atoms with Crippen LogP contribution in [0.5, 0.6) is 0 Å². The third-order valence-electron chi connectivity index (χ3n) is 3.69. The summed E-state index contributed by atoms with van der Waals surface area (Å²) in [4.78, 5) is 15.3. The molecule has 1 aromatic rings. The van der Waals surface area contributed by atoms with Crippen molar-refractivity contribution in [1.29, 1.82) is 0 Å². The van der Waals surface area contributed by atoms with Gasteiger partial charge in [-0.05, 0) is 55.8 Å². The zero-order valence-electron chi connectivity index (χ0n) is 11.2. The second kappa shape index (κ2) is 6.34. The molecule has 1 amide bonds. The summed E-state index contributed by atoms with van der Waals surface area (Å²) in [6, 6.07) is 2.14. The molecule has 1 fully saturated rings. The van der Waals surface area contributed by atoms with Crippen LogP contribution in [0.2, 0.25) is 0 Å². The summed E-state index contributed by atoms with van der Waals surface area (Å²) in [5, 5.41) is 5.43. The minimum absolute atomic E-state index is 0.290. The van der Waals surface area contributed by atoms with Gasteiger partial charge in [-0.3, -0.25) is 4.79 Å². The van der Waals surface area contributed by atoms with Gasteiger partial charge in [-0.25, -0.2) is 0 Å². The van der Waals surface area contributed by atoms with Gasteiger partial charge < -0.3 is 10.2 Å². The highest BCUT2D eigenvalue weighted by Gasteiger charge is 2.20. The highest BCUT2D eigenvalue weighted by molar-refractivity contribution is 7.10. The largest absolute Gasteiger partial charge is 0.345 e. The first kappa shape index (κ1) is 13.6. The molecule has 0 aromatic carbocycles. The molecular weight excluding hydrogens is 244 g/mol. The van der Waals surface area contributed by atoms with Gasteiger partial charge in [-0.2, -0.15) is 0 Å². The van der Waals surface area contributed by atoms with E-state index in [-0.39, 0.29) is 5.91 Å². The molecule has 3 nitrogen and oxygen atoms in total. The lowest BCUT2D eigenvalue weighted by atomic mass is 10.0. The summed E-state index contributed by atoms with van der Waals surface area (Å²) in [6.45, 7) is 5.04. The fourth-order valence-corrected chi connectivity index (χ4v) is 3.25. The molecule has 1 atom stereocenters. The third-order valence-corrected chi connectivity index (χ3v) is 4.78. The average Bonchev–Trinajstić information content (AvgIpc) is 2.98. The van der Waals surface area contributed by atoms with Crippen LogP contribution in [0, 0.1) is 12.8 Å². The molecule has 1 saturated heterocycles. The van der Waals surface area contributed by atoms with E-state index in [2.05, 4.69) is 23.7 Å². The second-order valence-electron chi connectivity index (χ2n) is 5.16. The Hall–Kier alpha value is -0.870. The Bertz CT molecular complexity index is 396. The van der Waals surface area contributed by atoms with E-state index in [1.807, 2.05) is 11.9 Å². The predicted octanol–water partition coefficient (Wildman–Crippen LogP) is 2.06. The van der Waals surface area contributed by atoms with E-state index < -0.39 is 0 Å². The molecule has 1 aliphatic rings. The van der Waals surface area contributed by atoms with Crippen LogP contribution in [0.4, 0.5) is 0 Å². The number of aryl methyl sites for hydroxylation is 1. The molecule has 2 rings (SSSR count). The van der Waals surface area contributed by atoms with E-state index in [1.54, 1.807) is 11.3 Å². The highest BCUT2D eigenvalue weighted by atomic mass is 32.1. The van der Waals surface area contributed by atoms with Crippen LogP contribution < -0.4 is 5.32 Å². The van der Waals surface area contributed by atoms with Crippen LogP contribution in [0.3, 0.4) is 0 Å². The van der Waals surface area contributed by atoms with Crippen molar-refractivity contribution in [2.75, 3.05) is 26.7 Å². The zero-order chi connectivity index (χ0) is 13.0. The molecule has 0 aliphatic carbocycles. The quantitative estimate of drug-likeness (QED) is 0.885. The number of nitrogens with zero attached hydrogens (tertiary/aromatic N) is 1. The van der Waals surface area contributed by atoms with Gasteiger partial charge in [-0.1, -0.05) is 0 Å². The lowest BCUT2D eigenvalue weighted by Gasteiger charge is -2.19. The maximum absolute atomic E-state index is 12.0. The monoisotopic (exact) mass is 266 g/mol. The molecule has 100 valence electrons. The lowest BCUT2D eigenvalue weighted by molar-refractivity contribution is -0.130. The van der Waals surface area contributed by atoms with Gasteiger partial charge in [0, 0.05) is 24.9 Å². The summed E-state index contributed by atoms with van der Waals surface area (Å²) >= 11 is 1.79. The van der Waals surface area contributed by atoms with Gasteiger partial charge in [0.1, 0.15) is 0 Å². The normalized spacial score (nSPS) is 19.1. The Morgan fingerprint density at radius 2 is 2.44 bits per heavy atom. The van der Waals surface area contributed by atoms with Crippen LogP contribution in [0.1, 0.15) is 23.3 Å². The number of nitrogens with one attached hydrogen (secondary N) is 1. The fourth-order valence-electron chi connectivity index (χ4n) is 2.35. The first-order valence-electron chi connectivity index (χ1n) is 6.64. The number of thiophene rings is 1. The number of likely N-dealkylation sites (N-methyl/N-ethyl adjacent to an activating group) is 1. The smallest absolute Gasteiger partial charge is 0.222 e. The van der Waals surface area contributed by atoms with Gasteiger partial charge in [0.2, 0.25) is 5.91 Å². The van der Waals surface area contributed by atoms with Crippen molar-refractivity contribution in [3.8, 4) is 0 Å². The number of hydrogen-bond acceptors (Lipinski definition) is 3. The molecule has 18 heavy (non-hydrogen) atoms. The number of hydrogen-bond donors (Lipinski definition) is 1. The van der Waals surface area contributed by atoms with Gasteiger partial charge in [-0.15, -0.1) is 11.3 Å². The van der Waals surface area contributed by atoms with E-state index in [0.29, 0.717) is 12.3 Å². The summed E-state index contributed by atoms with van der Waals surface area (Å²) in [5.41, 5.74) is 1.35. The Morgan fingerprint density at radius 1 is 1.61 bits per heavy atom. The SMILES string of the molecule is Cc1ccsc1CCN(C)C(=O)CC1CCNC1. The van der Waals surface area contributed by atoms with E-state index in [0.717, 1.165) is 32.5 Å². The molecule has 0 radical (unpaired) electrons. The molecule has 0 saturated carbocycles. The Labute approximate surface area is 113 Å². The highest BCUT2D eigenvalue weighted by Crippen LogP contribution is 2.17. The Balaban J connectivity index is 1.75. The number of rotatable bonds is 5. The average molecular weight is 266 g/mol. The molecule has 1 N–H and O–H groups in total. The maximum Gasteiger partial charge on any atom is 0.222 e. The minimum Gasteiger partial charge on any atom is -0.345 e. The van der Waals surface area contributed by atoms with E-state index in [1.165, 1.54) is 10.4 Å². The van der Waals surface area contributed by atoms with Crippen molar-refractivity contribution in [1.82, 2.24) is 10.2 Å². The molecule has 4 heteroatoms. The maximum atomic E-state index is 12.0. The van der Waals surface area contributed by atoms with E-state index in [4.69, 9.17) is 0 Å². The van der Waals surface area contributed by atoms with Crippen LogP contribution in [0.15, 0.2) is 11.4 Å². The zero-order valence-corrected chi connectivity index (χ0v) is 12.1. The van der Waals surface area contributed by atoms with Crippen molar-refractivity contribution in [3.63, 3.8) is 0 Å². The summed E-state index contributed by atoms with van der Waals surface area (Å²) < 4.78 is 0. The van der Waals surface area contributed by atoms with E-state index >= 15 is 0 Å². The van der Waals surface area contributed by atoms with Crippen LogP contribution in [0.25, 0.3) is 0 Å². The predicted molar refractivity (Wildman–Crippen MR) is 76.0 cm³/mol. The van der Waals surface area contributed by atoms with Gasteiger partial charge in [0.15, 0.2) is 0 Å². The van der Waals surface area contributed by atoms with Crippen molar-refractivity contribution in [2.24, 2.45) is 5.92 Å². The van der Waals surface area contributed by atoms with Crippen LogP contribution in [-0.2, 0) is 11.2 Å². The molecule has 2 heterocycles.